The minimum Gasteiger partial charge on any atom is -0.491 e. The first-order valence-electron chi connectivity index (χ1n) is 9.39. The number of aromatic nitrogens is 4. The van der Waals surface area contributed by atoms with Crippen molar-refractivity contribution in [2.75, 3.05) is 13.2 Å². The Bertz CT molecular complexity index is 900. The standard InChI is InChI=1S/C21H27N5O2.ClH/c1-14-9-15(2)16(3)21(10-14)28-12-20(27)11-22-17(4)18-5-7-19(8-6-18)26-13-23-24-25-26;/h5-10,13,17,20,22,27H,11-12H2,1-4H3;1H. The molecule has 0 aliphatic carbocycles. The van der Waals surface area contributed by atoms with E-state index in [-0.39, 0.29) is 25.1 Å². The molecule has 0 spiro atoms. The first kappa shape index (κ1) is 22.8. The van der Waals surface area contributed by atoms with Gasteiger partial charge < -0.3 is 15.2 Å². The fourth-order valence-corrected chi connectivity index (χ4v) is 3.02. The Hall–Kier alpha value is -2.48. The summed E-state index contributed by atoms with van der Waals surface area (Å²) in [5, 5.41) is 24.8. The SMILES string of the molecule is Cc1cc(C)c(C)c(OCC(O)CNC(C)c2ccc(-n3cnnn3)cc2)c1.Cl. The number of nitrogens with zero attached hydrogens (tertiary/aromatic N) is 4. The van der Waals surface area contributed by atoms with Crippen molar-refractivity contribution in [3.05, 3.63) is 65.0 Å². The Morgan fingerprint density at radius 1 is 1.14 bits per heavy atom. The Kier molecular flexibility index (Phi) is 8.13. The second-order valence-electron chi connectivity index (χ2n) is 7.15. The van der Waals surface area contributed by atoms with Crippen molar-refractivity contribution < 1.29 is 9.84 Å². The summed E-state index contributed by atoms with van der Waals surface area (Å²) in [5.74, 6) is 0.836. The Morgan fingerprint density at radius 2 is 1.86 bits per heavy atom. The van der Waals surface area contributed by atoms with Crippen molar-refractivity contribution in [2.45, 2.75) is 39.8 Å². The predicted molar refractivity (Wildman–Crippen MR) is 115 cm³/mol. The largest absolute Gasteiger partial charge is 0.491 e. The zero-order valence-corrected chi connectivity index (χ0v) is 18.0. The molecule has 3 rings (SSSR count). The summed E-state index contributed by atoms with van der Waals surface area (Å²) in [6, 6.07) is 12.2. The lowest BCUT2D eigenvalue weighted by Gasteiger charge is -2.19. The number of aryl methyl sites for hydroxylation is 2. The molecule has 1 aromatic heterocycles. The van der Waals surface area contributed by atoms with Gasteiger partial charge in [0.1, 0.15) is 24.8 Å². The van der Waals surface area contributed by atoms with Crippen LogP contribution in [0.2, 0.25) is 0 Å². The number of nitrogens with one attached hydrogen (secondary N) is 1. The van der Waals surface area contributed by atoms with E-state index in [9.17, 15) is 5.11 Å². The van der Waals surface area contributed by atoms with Crippen LogP contribution >= 0.6 is 12.4 Å². The van der Waals surface area contributed by atoms with Gasteiger partial charge >= 0.3 is 0 Å². The van der Waals surface area contributed by atoms with Gasteiger partial charge in [-0.25, -0.2) is 4.68 Å². The molecule has 1 heterocycles. The molecule has 2 aromatic carbocycles. The van der Waals surface area contributed by atoms with Crippen molar-refractivity contribution in [1.29, 1.82) is 0 Å². The molecule has 2 N–H and O–H groups in total. The van der Waals surface area contributed by atoms with Crippen molar-refractivity contribution in [2.24, 2.45) is 0 Å². The minimum atomic E-state index is -0.594. The number of tetrazole rings is 1. The molecule has 156 valence electrons. The van der Waals surface area contributed by atoms with E-state index in [1.165, 1.54) is 5.56 Å². The maximum absolute atomic E-state index is 10.3. The zero-order valence-electron chi connectivity index (χ0n) is 17.2. The summed E-state index contributed by atoms with van der Waals surface area (Å²) < 4.78 is 7.45. The first-order valence-corrected chi connectivity index (χ1v) is 9.39. The fourth-order valence-electron chi connectivity index (χ4n) is 3.02. The highest BCUT2D eigenvalue weighted by Crippen LogP contribution is 2.23. The summed E-state index contributed by atoms with van der Waals surface area (Å²) in [7, 11) is 0. The van der Waals surface area contributed by atoms with Gasteiger partial charge in [-0.2, -0.15) is 0 Å². The Balaban J connectivity index is 0.00000300. The molecule has 8 heteroatoms. The fraction of sp³-hybridized carbons (Fsp3) is 0.381. The zero-order chi connectivity index (χ0) is 20.1. The average Bonchev–Trinajstić information content (AvgIpc) is 3.22. The number of halogens is 1. The van der Waals surface area contributed by atoms with Crippen LogP contribution in [0.25, 0.3) is 5.69 Å². The third-order valence-corrected chi connectivity index (χ3v) is 4.86. The molecule has 0 saturated heterocycles. The second-order valence-corrected chi connectivity index (χ2v) is 7.15. The molecular weight excluding hydrogens is 390 g/mol. The van der Waals surface area contributed by atoms with Crippen LogP contribution in [0.5, 0.6) is 5.75 Å². The summed E-state index contributed by atoms with van der Waals surface area (Å²) in [5.41, 5.74) is 5.49. The van der Waals surface area contributed by atoms with Crippen LogP contribution in [0.4, 0.5) is 0 Å². The lowest BCUT2D eigenvalue weighted by atomic mass is 10.1. The second kappa shape index (κ2) is 10.3. The van der Waals surface area contributed by atoms with E-state index in [1.54, 1.807) is 11.0 Å². The number of rotatable bonds is 8. The number of ether oxygens (including phenoxy) is 1. The van der Waals surface area contributed by atoms with E-state index in [0.717, 1.165) is 28.1 Å². The van der Waals surface area contributed by atoms with Gasteiger partial charge in [0.2, 0.25) is 0 Å². The number of benzene rings is 2. The lowest BCUT2D eigenvalue weighted by molar-refractivity contribution is 0.104. The third kappa shape index (κ3) is 6.00. The minimum absolute atomic E-state index is 0. The molecule has 7 nitrogen and oxygen atoms in total. The van der Waals surface area contributed by atoms with Crippen LogP contribution in [0.3, 0.4) is 0 Å². The molecule has 0 fully saturated rings. The topological polar surface area (TPSA) is 85.1 Å². The monoisotopic (exact) mass is 417 g/mol. The van der Waals surface area contributed by atoms with Gasteiger partial charge in [0.05, 0.1) is 5.69 Å². The Morgan fingerprint density at radius 3 is 2.52 bits per heavy atom. The van der Waals surface area contributed by atoms with E-state index < -0.39 is 6.10 Å². The van der Waals surface area contributed by atoms with Crippen LogP contribution in [-0.2, 0) is 0 Å². The van der Waals surface area contributed by atoms with Gasteiger partial charge in [0.25, 0.3) is 0 Å². The molecular formula is C21H28ClN5O2. The molecule has 29 heavy (non-hydrogen) atoms. The highest BCUT2D eigenvalue weighted by atomic mass is 35.5. The van der Waals surface area contributed by atoms with Gasteiger partial charge in [-0.1, -0.05) is 18.2 Å². The number of hydrogen-bond donors (Lipinski definition) is 2. The highest BCUT2D eigenvalue weighted by Gasteiger charge is 2.11. The quantitative estimate of drug-likeness (QED) is 0.585. The van der Waals surface area contributed by atoms with Crippen LogP contribution in [0, 0.1) is 20.8 Å². The molecule has 0 bridgehead atoms. The average molecular weight is 418 g/mol. The molecule has 3 aromatic rings. The van der Waals surface area contributed by atoms with Gasteiger partial charge in [-0.3, -0.25) is 0 Å². The molecule has 0 aliphatic heterocycles. The van der Waals surface area contributed by atoms with Crippen molar-refractivity contribution in [3.63, 3.8) is 0 Å². The molecule has 2 unspecified atom stereocenters. The summed E-state index contributed by atoms with van der Waals surface area (Å²) in [6.45, 7) is 8.91. The summed E-state index contributed by atoms with van der Waals surface area (Å²) in [4.78, 5) is 0. The molecule has 0 radical (unpaired) electrons. The van der Waals surface area contributed by atoms with Gasteiger partial charge in [0, 0.05) is 12.6 Å². The number of aliphatic hydroxyl groups excluding tert-OH is 1. The number of hydrogen-bond acceptors (Lipinski definition) is 6. The maximum Gasteiger partial charge on any atom is 0.143 e. The normalized spacial score (nSPS) is 12.9. The molecule has 0 aliphatic rings. The first-order chi connectivity index (χ1) is 13.4. The van der Waals surface area contributed by atoms with Crippen LogP contribution < -0.4 is 10.1 Å². The van der Waals surface area contributed by atoms with Crippen molar-refractivity contribution in [1.82, 2.24) is 25.5 Å². The highest BCUT2D eigenvalue weighted by molar-refractivity contribution is 5.85. The van der Waals surface area contributed by atoms with E-state index in [1.807, 2.05) is 44.2 Å². The molecule has 0 amide bonds. The molecule has 0 saturated carbocycles. The van der Waals surface area contributed by atoms with Crippen LogP contribution in [-0.4, -0.2) is 44.6 Å². The van der Waals surface area contributed by atoms with E-state index in [4.69, 9.17) is 4.74 Å². The predicted octanol–water partition coefficient (Wildman–Crippen LogP) is 3.10. The number of aliphatic hydroxyl groups is 1. The van der Waals surface area contributed by atoms with E-state index in [2.05, 4.69) is 40.8 Å². The lowest BCUT2D eigenvalue weighted by Crippen LogP contribution is -2.33. The van der Waals surface area contributed by atoms with Crippen molar-refractivity contribution >= 4 is 12.4 Å². The molecule has 2 atom stereocenters. The van der Waals surface area contributed by atoms with E-state index >= 15 is 0 Å². The van der Waals surface area contributed by atoms with Crippen molar-refractivity contribution in [3.8, 4) is 11.4 Å². The maximum atomic E-state index is 10.3. The van der Waals surface area contributed by atoms with Gasteiger partial charge in [0.15, 0.2) is 0 Å². The van der Waals surface area contributed by atoms with Crippen LogP contribution in [0.1, 0.15) is 35.2 Å². The summed E-state index contributed by atoms with van der Waals surface area (Å²) >= 11 is 0. The third-order valence-electron chi connectivity index (χ3n) is 4.86. The Labute approximate surface area is 177 Å². The summed E-state index contributed by atoms with van der Waals surface area (Å²) in [6.07, 6.45) is 0.966. The van der Waals surface area contributed by atoms with Gasteiger partial charge in [-0.15, -0.1) is 17.5 Å². The van der Waals surface area contributed by atoms with Crippen LogP contribution in [0.15, 0.2) is 42.7 Å². The smallest absolute Gasteiger partial charge is 0.143 e. The van der Waals surface area contributed by atoms with E-state index in [0.29, 0.717) is 6.54 Å². The van der Waals surface area contributed by atoms with Gasteiger partial charge in [-0.05, 0) is 78.6 Å².